The number of hydrogen-bond acceptors (Lipinski definition) is 6. The molecule has 0 fully saturated rings. The molecule has 0 saturated heterocycles. The third-order valence-corrected chi connectivity index (χ3v) is 3.06. The van der Waals surface area contributed by atoms with Crippen LogP contribution in [0.15, 0.2) is 10.7 Å². The maximum atomic E-state index is 5.24. The summed E-state index contributed by atoms with van der Waals surface area (Å²) in [5, 5.41) is 3.85. The van der Waals surface area contributed by atoms with Crippen LogP contribution in [0, 0.1) is 20.8 Å². The molecule has 0 aliphatic heterocycles. The van der Waals surface area contributed by atoms with E-state index in [4.69, 9.17) is 9.26 Å². The van der Waals surface area contributed by atoms with Crippen LogP contribution in [-0.2, 0) is 0 Å². The summed E-state index contributed by atoms with van der Waals surface area (Å²) in [6.07, 6.45) is 1.84. The fourth-order valence-electron chi connectivity index (χ4n) is 1.92. The van der Waals surface area contributed by atoms with Crippen LogP contribution in [0.4, 0.5) is 0 Å². The molecule has 19 heavy (non-hydrogen) atoms. The van der Waals surface area contributed by atoms with Crippen molar-refractivity contribution in [2.75, 3.05) is 7.11 Å². The summed E-state index contributed by atoms with van der Waals surface area (Å²) < 4.78 is 12.1. The van der Waals surface area contributed by atoms with Crippen LogP contribution in [0.1, 0.15) is 17.1 Å². The molecule has 3 aromatic rings. The van der Waals surface area contributed by atoms with E-state index in [0.29, 0.717) is 29.1 Å². The lowest BCUT2D eigenvalue weighted by Crippen LogP contribution is -2.00. The molecule has 7 heteroatoms. The first kappa shape index (κ1) is 11.6. The van der Waals surface area contributed by atoms with Crippen LogP contribution in [-0.4, -0.2) is 31.6 Å². The van der Waals surface area contributed by atoms with E-state index in [1.54, 1.807) is 14.0 Å². The Bertz CT molecular complexity index is 759. The molecule has 3 aromatic heterocycles. The first-order valence-electron chi connectivity index (χ1n) is 5.81. The van der Waals surface area contributed by atoms with E-state index >= 15 is 0 Å². The molecule has 0 unspecified atom stereocenters. The fraction of sp³-hybridized carbons (Fsp3) is 0.333. The van der Waals surface area contributed by atoms with Crippen molar-refractivity contribution in [1.29, 1.82) is 0 Å². The smallest absolute Gasteiger partial charge is 0.237 e. The highest BCUT2D eigenvalue weighted by Crippen LogP contribution is 2.22. The van der Waals surface area contributed by atoms with Gasteiger partial charge in [0.1, 0.15) is 5.69 Å². The summed E-state index contributed by atoms with van der Waals surface area (Å²) in [4.78, 5) is 12.9. The SMILES string of the molecule is COc1nc2nc(-c3noc(C)n3)cn2c(C)c1C. The zero-order valence-electron chi connectivity index (χ0n) is 11.1. The van der Waals surface area contributed by atoms with E-state index in [0.717, 1.165) is 11.3 Å². The monoisotopic (exact) mass is 259 g/mol. The van der Waals surface area contributed by atoms with Gasteiger partial charge in [0.05, 0.1) is 7.11 Å². The minimum Gasteiger partial charge on any atom is -0.481 e. The highest BCUT2D eigenvalue weighted by molar-refractivity contribution is 5.54. The number of aryl methyl sites for hydroxylation is 2. The molecule has 0 radical (unpaired) electrons. The average molecular weight is 259 g/mol. The number of ether oxygens (including phenoxy) is 1. The normalized spacial score (nSPS) is 11.2. The first-order valence-corrected chi connectivity index (χ1v) is 5.81. The maximum Gasteiger partial charge on any atom is 0.237 e. The summed E-state index contributed by atoms with van der Waals surface area (Å²) in [6.45, 7) is 5.68. The van der Waals surface area contributed by atoms with E-state index in [9.17, 15) is 0 Å². The molecule has 0 N–H and O–H groups in total. The Hall–Kier alpha value is -2.44. The number of fused-ring (bicyclic) bond motifs is 1. The first-order chi connectivity index (χ1) is 9.10. The number of hydrogen-bond donors (Lipinski definition) is 0. The zero-order chi connectivity index (χ0) is 13.6. The van der Waals surface area contributed by atoms with Gasteiger partial charge in [-0.2, -0.15) is 9.97 Å². The van der Waals surface area contributed by atoms with Gasteiger partial charge in [-0.1, -0.05) is 5.16 Å². The second-order valence-corrected chi connectivity index (χ2v) is 4.26. The summed E-state index contributed by atoms with van der Waals surface area (Å²) in [5.41, 5.74) is 2.61. The Kier molecular flexibility index (Phi) is 2.48. The van der Waals surface area contributed by atoms with E-state index in [1.807, 2.05) is 24.4 Å². The molecule has 7 nitrogen and oxygen atoms in total. The van der Waals surface area contributed by atoms with Crippen molar-refractivity contribution in [3.63, 3.8) is 0 Å². The van der Waals surface area contributed by atoms with E-state index in [2.05, 4.69) is 20.1 Å². The molecule has 0 amide bonds. The van der Waals surface area contributed by atoms with E-state index < -0.39 is 0 Å². The largest absolute Gasteiger partial charge is 0.481 e. The molecular formula is C12H13N5O2. The molecule has 98 valence electrons. The van der Waals surface area contributed by atoms with E-state index in [-0.39, 0.29) is 0 Å². The molecule has 0 bridgehead atoms. The van der Waals surface area contributed by atoms with Crippen molar-refractivity contribution in [1.82, 2.24) is 24.5 Å². The Labute approximate surface area is 109 Å². The van der Waals surface area contributed by atoms with Gasteiger partial charge in [-0.3, -0.25) is 4.40 Å². The summed E-state index contributed by atoms with van der Waals surface area (Å²) in [5.74, 6) is 2.09. The van der Waals surface area contributed by atoms with Crippen LogP contribution in [0.5, 0.6) is 5.88 Å². The third-order valence-electron chi connectivity index (χ3n) is 3.06. The maximum absolute atomic E-state index is 5.24. The highest BCUT2D eigenvalue weighted by Gasteiger charge is 2.15. The van der Waals surface area contributed by atoms with Gasteiger partial charge in [-0.15, -0.1) is 0 Å². The van der Waals surface area contributed by atoms with Gasteiger partial charge in [0.2, 0.25) is 23.4 Å². The van der Waals surface area contributed by atoms with Crippen LogP contribution < -0.4 is 4.74 Å². The Morgan fingerprint density at radius 2 is 1.95 bits per heavy atom. The van der Waals surface area contributed by atoms with E-state index in [1.165, 1.54) is 0 Å². The number of imidazole rings is 1. The van der Waals surface area contributed by atoms with Crippen molar-refractivity contribution in [2.24, 2.45) is 0 Å². The van der Waals surface area contributed by atoms with Crippen molar-refractivity contribution in [3.05, 3.63) is 23.3 Å². The lowest BCUT2D eigenvalue weighted by Gasteiger charge is -2.07. The minimum atomic E-state index is 0.457. The Morgan fingerprint density at radius 1 is 1.16 bits per heavy atom. The highest BCUT2D eigenvalue weighted by atomic mass is 16.5. The van der Waals surface area contributed by atoms with Gasteiger partial charge in [0.15, 0.2) is 0 Å². The molecule has 0 atom stereocenters. The standard InChI is InChI=1S/C12H13N5O2/c1-6-7(2)17-5-9(10-13-8(3)19-16-10)14-12(17)15-11(6)18-4/h5H,1-4H3. The van der Waals surface area contributed by atoms with Crippen LogP contribution in [0.25, 0.3) is 17.3 Å². The second kappa shape index (κ2) is 4.04. The number of rotatable bonds is 2. The zero-order valence-corrected chi connectivity index (χ0v) is 11.1. The number of nitrogens with zero attached hydrogens (tertiary/aromatic N) is 5. The Morgan fingerprint density at radius 3 is 2.58 bits per heavy atom. The van der Waals surface area contributed by atoms with Crippen LogP contribution in [0.2, 0.25) is 0 Å². The van der Waals surface area contributed by atoms with Gasteiger partial charge in [-0.05, 0) is 13.8 Å². The van der Waals surface area contributed by atoms with Crippen molar-refractivity contribution in [3.8, 4) is 17.4 Å². The molecule has 0 saturated carbocycles. The predicted octanol–water partition coefficient (Wildman–Crippen LogP) is 1.71. The summed E-state index contributed by atoms with van der Waals surface area (Å²) >= 11 is 0. The van der Waals surface area contributed by atoms with Gasteiger partial charge in [0.25, 0.3) is 0 Å². The topological polar surface area (TPSA) is 78.3 Å². The molecule has 0 aliphatic carbocycles. The number of methoxy groups -OCH3 is 1. The van der Waals surface area contributed by atoms with Crippen molar-refractivity contribution in [2.45, 2.75) is 20.8 Å². The molecule has 0 aliphatic rings. The Balaban J connectivity index is 2.23. The molecule has 0 spiro atoms. The fourth-order valence-corrected chi connectivity index (χ4v) is 1.92. The quantitative estimate of drug-likeness (QED) is 0.697. The predicted molar refractivity (Wildman–Crippen MR) is 67.0 cm³/mol. The molecule has 3 rings (SSSR count). The van der Waals surface area contributed by atoms with Crippen molar-refractivity contribution >= 4 is 5.78 Å². The van der Waals surface area contributed by atoms with Gasteiger partial charge in [0, 0.05) is 24.4 Å². The van der Waals surface area contributed by atoms with Gasteiger partial charge < -0.3 is 9.26 Å². The summed E-state index contributed by atoms with van der Waals surface area (Å²) in [6, 6.07) is 0. The van der Waals surface area contributed by atoms with Crippen LogP contribution in [0.3, 0.4) is 0 Å². The minimum absolute atomic E-state index is 0.457. The number of aromatic nitrogens is 5. The third kappa shape index (κ3) is 1.74. The molecular weight excluding hydrogens is 246 g/mol. The van der Waals surface area contributed by atoms with Gasteiger partial charge >= 0.3 is 0 Å². The van der Waals surface area contributed by atoms with Gasteiger partial charge in [-0.25, -0.2) is 4.98 Å². The van der Waals surface area contributed by atoms with Crippen LogP contribution >= 0.6 is 0 Å². The lowest BCUT2D eigenvalue weighted by atomic mass is 10.2. The lowest BCUT2D eigenvalue weighted by molar-refractivity contribution is 0.394. The second-order valence-electron chi connectivity index (χ2n) is 4.26. The van der Waals surface area contributed by atoms with Crippen molar-refractivity contribution < 1.29 is 9.26 Å². The average Bonchev–Trinajstić information content (AvgIpc) is 2.99. The summed E-state index contributed by atoms with van der Waals surface area (Å²) in [7, 11) is 1.59. The molecule has 0 aromatic carbocycles. The molecule has 3 heterocycles.